The molecular formula is C36H41N3O9S. The average molecular weight is 692 g/mol. The van der Waals surface area contributed by atoms with Crippen molar-refractivity contribution in [2.24, 2.45) is 11.8 Å². The predicted molar refractivity (Wildman–Crippen MR) is 182 cm³/mol. The summed E-state index contributed by atoms with van der Waals surface area (Å²) in [6.45, 7) is 4.23. The fraction of sp³-hybridized carbons (Fsp3) is 0.389. The zero-order valence-electron chi connectivity index (χ0n) is 27.3. The Balaban J connectivity index is 1.25. The largest absolute Gasteiger partial charge is 0.507 e. The number of nitrogens with zero attached hydrogens (tertiary/aromatic N) is 1. The van der Waals surface area contributed by atoms with Crippen LogP contribution in [-0.4, -0.2) is 85.8 Å². The number of hydrogen-bond acceptors (Lipinski definition) is 9. The van der Waals surface area contributed by atoms with E-state index in [0.29, 0.717) is 29.8 Å². The fourth-order valence-electron chi connectivity index (χ4n) is 6.42. The van der Waals surface area contributed by atoms with Crippen LogP contribution in [0.25, 0.3) is 11.6 Å². The Hall–Kier alpha value is -4.27. The quantitative estimate of drug-likeness (QED) is 0.206. The maximum absolute atomic E-state index is 14.3. The lowest BCUT2D eigenvalue weighted by atomic mass is 10.0. The van der Waals surface area contributed by atoms with Gasteiger partial charge in [0.1, 0.15) is 11.9 Å². The summed E-state index contributed by atoms with van der Waals surface area (Å²) in [6, 6.07) is 19.3. The van der Waals surface area contributed by atoms with Gasteiger partial charge in [-0.25, -0.2) is 13.2 Å². The zero-order chi connectivity index (χ0) is 34.7. The van der Waals surface area contributed by atoms with Crippen molar-refractivity contribution in [3.8, 4) is 5.75 Å². The van der Waals surface area contributed by atoms with E-state index in [4.69, 9.17) is 14.2 Å². The molecule has 0 bridgehead atoms. The summed E-state index contributed by atoms with van der Waals surface area (Å²) >= 11 is 0. The van der Waals surface area contributed by atoms with Crippen LogP contribution < -0.4 is 10.6 Å². The lowest BCUT2D eigenvalue weighted by molar-refractivity contribution is -0.110. The van der Waals surface area contributed by atoms with Crippen molar-refractivity contribution in [3.05, 3.63) is 89.5 Å². The van der Waals surface area contributed by atoms with Crippen LogP contribution in [0.5, 0.6) is 5.75 Å². The predicted octanol–water partition coefficient (Wildman–Crippen LogP) is 3.99. The zero-order valence-corrected chi connectivity index (χ0v) is 28.1. The lowest BCUT2D eigenvalue weighted by Crippen LogP contribution is -2.51. The van der Waals surface area contributed by atoms with Crippen LogP contribution in [0.4, 0.5) is 10.5 Å². The summed E-state index contributed by atoms with van der Waals surface area (Å²) in [4.78, 5) is 26.0. The Morgan fingerprint density at radius 2 is 1.84 bits per heavy atom. The maximum atomic E-state index is 14.3. The molecule has 3 aliphatic heterocycles. The third-order valence-electron chi connectivity index (χ3n) is 8.92. The molecule has 3 aromatic carbocycles. The first-order valence-corrected chi connectivity index (χ1v) is 17.8. The summed E-state index contributed by atoms with van der Waals surface area (Å²) < 4.78 is 46.5. The molecule has 13 heteroatoms. The number of rotatable bonds is 12. The Kier molecular flexibility index (Phi) is 10.4. The summed E-state index contributed by atoms with van der Waals surface area (Å²) in [5, 5.41) is 27.5. The molecule has 260 valence electrons. The highest BCUT2D eigenvalue weighted by atomic mass is 32.2. The Bertz CT molecular complexity index is 1820. The number of aromatic hydroxyl groups is 1. The number of hydrogen-bond donors (Lipinski definition) is 4. The second-order valence-corrected chi connectivity index (χ2v) is 14.9. The van der Waals surface area contributed by atoms with Gasteiger partial charge in [0.2, 0.25) is 10.0 Å². The molecule has 0 radical (unpaired) electrons. The molecule has 6 rings (SSSR count). The number of phenols is 1. The van der Waals surface area contributed by atoms with Crippen molar-refractivity contribution < 1.29 is 42.4 Å². The third kappa shape index (κ3) is 7.81. The highest BCUT2D eigenvalue weighted by Crippen LogP contribution is 2.37. The number of phenolic OH excluding ortho intramolecular Hbond substituents is 1. The molecule has 49 heavy (non-hydrogen) atoms. The topological polar surface area (TPSA) is 164 Å². The van der Waals surface area contributed by atoms with Gasteiger partial charge in [-0.1, -0.05) is 62.4 Å². The minimum Gasteiger partial charge on any atom is -0.507 e. The Labute approximate surface area is 285 Å². The van der Waals surface area contributed by atoms with Crippen LogP contribution >= 0.6 is 0 Å². The van der Waals surface area contributed by atoms with Gasteiger partial charge in [-0.3, -0.25) is 4.79 Å². The first-order chi connectivity index (χ1) is 23.5. The van der Waals surface area contributed by atoms with Crippen molar-refractivity contribution >= 4 is 39.4 Å². The molecule has 4 N–H and O–H groups in total. The number of sulfonamides is 1. The number of amides is 2. The number of carbonyl (C=O) groups excluding carboxylic acids is 2. The van der Waals surface area contributed by atoms with Gasteiger partial charge < -0.3 is 35.1 Å². The molecule has 5 atom stereocenters. The second kappa shape index (κ2) is 14.7. The smallest absolute Gasteiger partial charge is 0.407 e. The van der Waals surface area contributed by atoms with Crippen molar-refractivity contribution in [2.75, 3.05) is 31.6 Å². The van der Waals surface area contributed by atoms with E-state index in [9.17, 15) is 28.2 Å². The molecule has 0 aromatic heterocycles. The van der Waals surface area contributed by atoms with Gasteiger partial charge in [-0.2, -0.15) is 4.31 Å². The molecular weight excluding hydrogens is 650 g/mol. The summed E-state index contributed by atoms with van der Waals surface area (Å²) in [6.07, 6.45) is -0.513. The first kappa shape index (κ1) is 34.6. The number of ether oxygens (including phenoxy) is 3. The van der Waals surface area contributed by atoms with Crippen LogP contribution in [-0.2, 0) is 35.4 Å². The number of anilines is 1. The summed E-state index contributed by atoms with van der Waals surface area (Å²) in [5.41, 5.74) is 2.26. The first-order valence-electron chi connectivity index (χ1n) is 16.4. The number of para-hydroxylation sites is 1. The summed E-state index contributed by atoms with van der Waals surface area (Å²) in [7, 11) is -4.21. The van der Waals surface area contributed by atoms with E-state index >= 15 is 0 Å². The molecule has 3 heterocycles. The van der Waals surface area contributed by atoms with Crippen LogP contribution in [0, 0.1) is 11.8 Å². The van der Waals surface area contributed by atoms with Crippen LogP contribution in [0.15, 0.2) is 77.7 Å². The lowest BCUT2D eigenvalue weighted by Gasteiger charge is -2.31. The van der Waals surface area contributed by atoms with Crippen molar-refractivity contribution in [3.63, 3.8) is 0 Å². The molecule has 3 aromatic rings. The molecule has 3 aliphatic rings. The van der Waals surface area contributed by atoms with E-state index in [1.165, 1.54) is 34.6 Å². The van der Waals surface area contributed by atoms with E-state index in [1.807, 2.05) is 44.2 Å². The fourth-order valence-corrected chi connectivity index (χ4v) is 8.07. The Morgan fingerprint density at radius 3 is 2.59 bits per heavy atom. The number of alkyl carbamates (subject to hydrolysis) is 1. The number of nitrogens with one attached hydrogen (secondary N) is 2. The SMILES string of the molecule is CC(C)CN(CC(O)C(Cc1ccccc1)NC(=O)OC1COC2OCCC12)S(=O)(=O)c1ccc2c(c1)C(=Cc1ccccc1O)C(=O)N2. The van der Waals surface area contributed by atoms with Gasteiger partial charge in [-0.05, 0) is 54.7 Å². The molecule has 0 saturated carbocycles. The highest BCUT2D eigenvalue weighted by molar-refractivity contribution is 7.89. The average Bonchev–Trinajstić information content (AvgIpc) is 3.77. The van der Waals surface area contributed by atoms with Crippen molar-refractivity contribution in [1.29, 1.82) is 0 Å². The van der Waals surface area contributed by atoms with E-state index < -0.39 is 46.6 Å². The van der Waals surface area contributed by atoms with Gasteiger partial charge in [-0.15, -0.1) is 0 Å². The molecule has 0 aliphatic carbocycles. The third-order valence-corrected chi connectivity index (χ3v) is 10.7. The van der Waals surface area contributed by atoms with Crippen LogP contribution in [0.1, 0.15) is 37.0 Å². The van der Waals surface area contributed by atoms with Gasteiger partial charge in [0.15, 0.2) is 6.29 Å². The maximum Gasteiger partial charge on any atom is 0.407 e. The molecule has 12 nitrogen and oxygen atoms in total. The van der Waals surface area contributed by atoms with Crippen LogP contribution in [0.2, 0.25) is 0 Å². The molecule has 5 unspecified atom stereocenters. The number of benzene rings is 3. The van der Waals surface area contributed by atoms with E-state index in [1.54, 1.807) is 18.2 Å². The van der Waals surface area contributed by atoms with Gasteiger partial charge >= 0.3 is 6.09 Å². The van der Waals surface area contributed by atoms with Crippen LogP contribution in [0.3, 0.4) is 0 Å². The van der Waals surface area contributed by atoms with Gasteiger partial charge in [0, 0.05) is 35.5 Å². The number of carbonyl (C=O) groups is 2. The number of fused-ring (bicyclic) bond motifs is 2. The minimum absolute atomic E-state index is 0.0204. The van der Waals surface area contributed by atoms with E-state index in [2.05, 4.69) is 10.6 Å². The number of aliphatic hydroxyl groups excluding tert-OH is 1. The monoisotopic (exact) mass is 691 g/mol. The minimum atomic E-state index is -4.21. The standard InChI is InChI=1S/C36H41N3O9S/c1-22(2)19-39(49(44,45)25-12-13-29-27(18-25)28(34(42)37-29)17-24-10-6-7-11-31(24)40)20-32(41)30(16-23-8-4-3-5-9-23)38-36(43)48-33-21-47-35-26(33)14-15-46-35/h3-13,17-18,22,26,30,32-33,35,40-41H,14-16,19-21H2,1-2H3,(H,37,42)(H,38,43). The molecule has 2 saturated heterocycles. The van der Waals surface area contributed by atoms with E-state index in [-0.39, 0.29) is 54.2 Å². The van der Waals surface area contributed by atoms with Crippen molar-refractivity contribution in [1.82, 2.24) is 9.62 Å². The van der Waals surface area contributed by atoms with E-state index in [0.717, 1.165) is 5.56 Å². The summed E-state index contributed by atoms with van der Waals surface area (Å²) in [5.74, 6) is -0.621. The second-order valence-electron chi connectivity index (χ2n) is 13.0. The van der Waals surface area contributed by atoms with Gasteiger partial charge in [0.25, 0.3) is 5.91 Å². The molecule has 2 amide bonds. The Morgan fingerprint density at radius 1 is 1.08 bits per heavy atom. The van der Waals surface area contributed by atoms with Gasteiger partial charge in [0.05, 0.1) is 36.2 Å². The molecule has 2 fully saturated rings. The van der Waals surface area contributed by atoms with Crippen molar-refractivity contribution in [2.45, 2.75) is 56.1 Å². The normalized spacial score (nSPS) is 22.2. The molecule has 0 spiro atoms. The number of aliphatic hydroxyl groups is 1. The highest BCUT2D eigenvalue weighted by Gasteiger charge is 2.44.